The molecule has 0 saturated carbocycles. The van der Waals surface area contributed by atoms with Crippen LogP contribution in [0.15, 0.2) is 5.57 Å². The standard InChI is InChI=1S/C16H21.Li/c1-7-14-9(2)8-15-12(5)10(3)11(4)13(6)16(14)15;/h14H,7H2,1-6H3;. The van der Waals surface area contributed by atoms with E-state index in [1.807, 2.05) is 0 Å². The number of benzene rings is 1. The molecule has 0 aromatic heterocycles. The van der Waals surface area contributed by atoms with Crippen molar-refractivity contribution in [3.8, 4) is 0 Å². The van der Waals surface area contributed by atoms with Gasteiger partial charge in [-0.3, -0.25) is 0 Å². The molecule has 0 amide bonds. The molecule has 0 saturated heterocycles. The summed E-state index contributed by atoms with van der Waals surface area (Å²) in [6, 6.07) is 0. The number of hydrogen-bond acceptors (Lipinski definition) is 0. The van der Waals surface area contributed by atoms with E-state index in [0.29, 0.717) is 5.92 Å². The summed E-state index contributed by atoms with van der Waals surface area (Å²) in [7, 11) is 0. The summed E-state index contributed by atoms with van der Waals surface area (Å²) in [6.45, 7) is 13.7. The molecule has 1 aliphatic carbocycles. The van der Waals surface area contributed by atoms with Crippen molar-refractivity contribution in [1.82, 2.24) is 0 Å². The number of rotatable bonds is 1. The third kappa shape index (κ3) is 1.66. The fourth-order valence-electron chi connectivity index (χ4n) is 3.45. The first-order valence-corrected chi connectivity index (χ1v) is 6.69. The zero-order chi connectivity index (χ0) is 12.9. The van der Waals surface area contributed by atoms with Gasteiger partial charge in [0, 0.05) is 0 Å². The Balaban J connectivity index is 2.85. The SMILES string of the molecule is [Li][C]1=C(C)C(CC)c2c(C)c(C)c(C)c(C)c21. The summed E-state index contributed by atoms with van der Waals surface area (Å²) in [5.41, 5.74) is 10.7. The molecule has 17 heavy (non-hydrogen) atoms. The Morgan fingerprint density at radius 3 is 1.94 bits per heavy atom. The van der Waals surface area contributed by atoms with Crippen LogP contribution in [0.3, 0.4) is 0 Å². The average molecular weight is 220 g/mol. The molecular formula is C16H21Li. The van der Waals surface area contributed by atoms with Crippen LogP contribution in [0.5, 0.6) is 0 Å². The molecule has 86 valence electrons. The molecule has 0 fully saturated rings. The summed E-state index contributed by atoms with van der Waals surface area (Å²) < 4.78 is 1.52. The minimum absolute atomic E-state index is 0.656. The molecule has 0 radical (unpaired) electrons. The summed E-state index contributed by atoms with van der Waals surface area (Å²) in [6.07, 6.45) is 1.22. The van der Waals surface area contributed by atoms with E-state index in [9.17, 15) is 0 Å². The van der Waals surface area contributed by atoms with Crippen molar-refractivity contribution >= 4 is 22.0 Å². The van der Waals surface area contributed by atoms with E-state index in [-0.39, 0.29) is 0 Å². The van der Waals surface area contributed by atoms with E-state index >= 15 is 0 Å². The van der Waals surface area contributed by atoms with E-state index in [1.165, 1.54) is 32.9 Å². The van der Waals surface area contributed by atoms with Crippen LogP contribution in [0.1, 0.15) is 59.6 Å². The van der Waals surface area contributed by atoms with Crippen LogP contribution < -0.4 is 0 Å². The van der Waals surface area contributed by atoms with Crippen molar-refractivity contribution in [3.05, 3.63) is 39.0 Å². The number of hydrogen-bond donors (Lipinski definition) is 0. The van der Waals surface area contributed by atoms with Gasteiger partial charge >= 0.3 is 115 Å². The summed E-state index contributed by atoms with van der Waals surface area (Å²) in [5, 5.41) is 0. The Kier molecular flexibility index (Phi) is 3.32. The van der Waals surface area contributed by atoms with Gasteiger partial charge in [0.1, 0.15) is 0 Å². The molecule has 1 unspecified atom stereocenters. The average Bonchev–Trinajstić information content (AvgIpc) is 2.57. The summed E-state index contributed by atoms with van der Waals surface area (Å²) >= 11 is 2.30. The van der Waals surface area contributed by atoms with Gasteiger partial charge in [-0.25, -0.2) is 0 Å². The van der Waals surface area contributed by atoms with E-state index in [1.54, 1.807) is 16.7 Å². The van der Waals surface area contributed by atoms with E-state index in [2.05, 4.69) is 59.3 Å². The molecule has 0 bridgehead atoms. The zero-order valence-electron chi connectivity index (χ0n) is 12.3. The van der Waals surface area contributed by atoms with Crippen LogP contribution in [0.2, 0.25) is 0 Å². The van der Waals surface area contributed by atoms with Gasteiger partial charge in [0.2, 0.25) is 0 Å². The summed E-state index contributed by atoms with van der Waals surface area (Å²) in [4.78, 5) is 0. The maximum atomic E-state index is 2.31. The molecule has 0 heterocycles. The normalized spacial score (nSPS) is 18.9. The Bertz CT molecular complexity index is 521. The minimum atomic E-state index is 0.656. The van der Waals surface area contributed by atoms with Crippen LogP contribution in [-0.2, 0) is 0 Å². The first-order chi connectivity index (χ1) is 7.91. The zero-order valence-corrected chi connectivity index (χ0v) is 12.3. The van der Waals surface area contributed by atoms with Gasteiger partial charge < -0.3 is 0 Å². The van der Waals surface area contributed by atoms with Crippen LogP contribution >= 0.6 is 0 Å². The Morgan fingerprint density at radius 2 is 1.41 bits per heavy atom. The fraction of sp³-hybridized carbons (Fsp3) is 0.500. The first kappa shape index (κ1) is 13.0. The predicted molar refractivity (Wildman–Crippen MR) is 76.8 cm³/mol. The van der Waals surface area contributed by atoms with Crippen LogP contribution in [0, 0.1) is 27.7 Å². The van der Waals surface area contributed by atoms with Gasteiger partial charge in [-0.2, -0.15) is 0 Å². The van der Waals surface area contributed by atoms with Crippen molar-refractivity contribution in [1.29, 1.82) is 0 Å². The molecule has 0 aliphatic heterocycles. The molecule has 1 aromatic carbocycles. The van der Waals surface area contributed by atoms with Gasteiger partial charge in [0.05, 0.1) is 0 Å². The third-order valence-corrected chi connectivity index (χ3v) is 4.98. The molecular weight excluding hydrogens is 199 g/mol. The van der Waals surface area contributed by atoms with Gasteiger partial charge in [-0.05, 0) is 0 Å². The van der Waals surface area contributed by atoms with Crippen molar-refractivity contribution < 1.29 is 0 Å². The van der Waals surface area contributed by atoms with Crippen molar-refractivity contribution in [3.63, 3.8) is 0 Å². The Morgan fingerprint density at radius 1 is 0.882 bits per heavy atom. The second kappa shape index (κ2) is 4.34. The van der Waals surface area contributed by atoms with Crippen LogP contribution in [-0.4, -0.2) is 17.7 Å². The van der Waals surface area contributed by atoms with Gasteiger partial charge in [0.25, 0.3) is 0 Å². The molecule has 1 aromatic rings. The van der Waals surface area contributed by atoms with Crippen molar-refractivity contribution in [2.45, 2.75) is 53.9 Å². The van der Waals surface area contributed by atoms with Crippen molar-refractivity contribution in [2.24, 2.45) is 0 Å². The molecule has 2 rings (SSSR count). The molecule has 1 aliphatic rings. The first-order valence-electron chi connectivity index (χ1n) is 6.69. The molecule has 0 nitrogen and oxygen atoms in total. The molecule has 0 N–H and O–H groups in total. The van der Waals surface area contributed by atoms with Gasteiger partial charge in [-0.1, -0.05) is 0 Å². The monoisotopic (exact) mass is 220 g/mol. The van der Waals surface area contributed by atoms with Crippen LogP contribution in [0.25, 0.3) is 4.25 Å². The Hall–Kier alpha value is -0.443. The maximum absolute atomic E-state index is 2.31. The second-order valence-electron chi connectivity index (χ2n) is 5.56. The van der Waals surface area contributed by atoms with Crippen LogP contribution in [0.4, 0.5) is 0 Å². The van der Waals surface area contributed by atoms with E-state index in [4.69, 9.17) is 0 Å². The third-order valence-electron chi connectivity index (χ3n) is 4.98. The van der Waals surface area contributed by atoms with Gasteiger partial charge in [-0.15, -0.1) is 0 Å². The topological polar surface area (TPSA) is 0 Å². The second-order valence-corrected chi connectivity index (χ2v) is 5.56. The van der Waals surface area contributed by atoms with E-state index < -0.39 is 0 Å². The quantitative estimate of drug-likeness (QED) is 0.618. The predicted octanol–water partition coefficient (Wildman–Crippen LogP) is 4.33. The molecule has 1 atom stereocenters. The fourth-order valence-corrected chi connectivity index (χ4v) is 3.45. The Labute approximate surface area is 115 Å². The van der Waals surface area contributed by atoms with E-state index in [0.717, 1.165) is 0 Å². The number of allylic oxidation sites excluding steroid dienone is 1. The van der Waals surface area contributed by atoms with Crippen molar-refractivity contribution in [2.75, 3.05) is 0 Å². The summed E-state index contributed by atoms with van der Waals surface area (Å²) in [5.74, 6) is 0.656. The molecule has 1 heteroatoms. The number of fused-ring (bicyclic) bond motifs is 1. The van der Waals surface area contributed by atoms with Gasteiger partial charge in [0.15, 0.2) is 0 Å². The molecule has 0 spiro atoms.